The van der Waals surface area contributed by atoms with Crippen LogP contribution >= 0.6 is 0 Å². The molecule has 2 heterocycles. The van der Waals surface area contributed by atoms with Gasteiger partial charge in [-0.25, -0.2) is 4.57 Å². The molecular formula is C12H15N4+. The van der Waals surface area contributed by atoms with Crippen molar-refractivity contribution in [3.8, 4) is 11.4 Å². The predicted molar refractivity (Wildman–Crippen MR) is 62.1 cm³/mol. The van der Waals surface area contributed by atoms with Gasteiger partial charge in [-0.2, -0.15) is 5.10 Å². The number of nitrogens with zero attached hydrogens (tertiary/aromatic N) is 2. The van der Waals surface area contributed by atoms with Crippen LogP contribution in [0, 0.1) is 6.92 Å². The van der Waals surface area contributed by atoms with Crippen LogP contribution in [0.3, 0.4) is 0 Å². The zero-order chi connectivity index (χ0) is 11.0. The molecular weight excluding hydrogens is 200 g/mol. The third kappa shape index (κ3) is 1.46. The first-order valence-corrected chi connectivity index (χ1v) is 5.64. The molecule has 0 bridgehead atoms. The third-order valence-electron chi connectivity index (χ3n) is 2.96. The molecule has 4 nitrogen and oxygen atoms in total. The minimum atomic E-state index is 0.946. The van der Waals surface area contributed by atoms with E-state index in [4.69, 9.17) is 0 Å². The average molecular weight is 215 g/mol. The summed E-state index contributed by atoms with van der Waals surface area (Å²) in [6.07, 6.45) is 1.15. The third-order valence-corrected chi connectivity index (χ3v) is 2.96. The van der Waals surface area contributed by atoms with Crippen LogP contribution in [0.1, 0.15) is 12.0 Å². The van der Waals surface area contributed by atoms with E-state index in [1.54, 1.807) is 0 Å². The maximum Gasteiger partial charge on any atom is 0.377 e. The van der Waals surface area contributed by atoms with Crippen molar-refractivity contribution in [3.63, 3.8) is 0 Å². The van der Waals surface area contributed by atoms with Crippen LogP contribution in [0.4, 0.5) is 5.95 Å². The number of fused-ring (bicyclic) bond motifs is 1. The lowest BCUT2D eigenvalue weighted by Crippen LogP contribution is -2.42. The van der Waals surface area contributed by atoms with Crippen molar-refractivity contribution >= 4 is 5.95 Å². The van der Waals surface area contributed by atoms with Crippen molar-refractivity contribution in [1.82, 2.24) is 10.2 Å². The highest BCUT2D eigenvalue weighted by atomic mass is 15.4. The SMILES string of the molecule is Cc1ccc(-c2[nH]nc3[n+]2CCCN3)cc1. The number of aromatic nitrogens is 3. The van der Waals surface area contributed by atoms with Gasteiger partial charge in [-0.1, -0.05) is 17.7 Å². The van der Waals surface area contributed by atoms with Gasteiger partial charge in [0.1, 0.15) is 0 Å². The van der Waals surface area contributed by atoms with Gasteiger partial charge in [-0.15, -0.1) is 0 Å². The quantitative estimate of drug-likeness (QED) is 0.708. The zero-order valence-electron chi connectivity index (χ0n) is 9.33. The van der Waals surface area contributed by atoms with Gasteiger partial charge < -0.3 is 0 Å². The first-order chi connectivity index (χ1) is 7.84. The Morgan fingerprint density at radius 3 is 2.88 bits per heavy atom. The van der Waals surface area contributed by atoms with Crippen molar-refractivity contribution in [1.29, 1.82) is 0 Å². The molecule has 3 rings (SSSR count). The molecule has 0 amide bonds. The topological polar surface area (TPSA) is 44.6 Å². The molecule has 0 atom stereocenters. The van der Waals surface area contributed by atoms with E-state index in [0.29, 0.717) is 0 Å². The van der Waals surface area contributed by atoms with Crippen LogP contribution in [-0.4, -0.2) is 16.7 Å². The fraction of sp³-hybridized carbons (Fsp3) is 0.333. The molecule has 0 saturated heterocycles. The van der Waals surface area contributed by atoms with Gasteiger partial charge in [0.25, 0.3) is 0 Å². The molecule has 0 aliphatic carbocycles. The second-order valence-corrected chi connectivity index (χ2v) is 4.19. The van der Waals surface area contributed by atoms with Crippen LogP contribution in [0.15, 0.2) is 24.3 Å². The molecule has 82 valence electrons. The van der Waals surface area contributed by atoms with Crippen molar-refractivity contribution < 1.29 is 4.57 Å². The minimum absolute atomic E-state index is 0.946. The van der Waals surface area contributed by atoms with Crippen LogP contribution < -0.4 is 9.88 Å². The largest absolute Gasteiger partial charge is 0.377 e. The van der Waals surface area contributed by atoms with Crippen molar-refractivity contribution in [2.45, 2.75) is 19.9 Å². The number of benzene rings is 1. The molecule has 1 aliphatic heterocycles. The number of anilines is 1. The lowest BCUT2D eigenvalue weighted by atomic mass is 10.1. The van der Waals surface area contributed by atoms with Crippen molar-refractivity contribution in [2.75, 3.05) is 11.9 Å². The Kier molecular flexibility index (Phi) is 2.13. The molecule has 0 radical (unpaired) electrons. The normalized spacial score (nSPS) is 14.3. The Balaban J connectivity index is 2.06. The molecule has 16 heavy (non-hydrogen) atoms. The van der Waals surface area contributed by atoms with Gasteiger partial charge in [-0.3, -0.25) is 5.32 Å². The lowest BCUT2D eigenvalue weighted by molar-refractivity contribution is -0.675. The van der Waals surface area contributed by atoms with E-state index < -0.39 is 0 Å². The van der Waals surface area contributed by atoms with Crippen molar-refractivity contribution in [3.05, 3.63) is 29.8 Å². The number of aryl methyl sites for hydroxylation is 1. The molecule has 0 saturated carbocycles. The molecule has 2 aromatic rings. The van der Waals surface area contributed by atoms with Crippen LogP contribution in [0.2, 0.25) is 0 Å². The standard InChI is InChI=1S/C12H14N4/c1-9-3-5-10(6-4-9)11-14-15-12-13-7-2-8-16(11)12/h3-6H,2,7-8H2,1H3,(H,13,15)/p+1. The molecule has 2 N–H and O–H groups in total. The molecule has 4 heteroatoms. The zero-order valence-corrected chi connectivity index (χ0v) is 9.33. The highest BCUT2D eigenvalue weighted by Gasteiger charge is 2.22. The number of rotatable bonds is 1. The number of H-pyrrole nitrogens is 1. The Labute approximate surface area is 94.3 Å². The Hall–Kier alpha value is -1.84. The summed E-state index contributed by atoms with van der Waals surface area (Å²) < 4.78 is 2.20. The van der Waals surface area contributed by atoms with E-state index in [0.717, 1.165) is 31.3 Å². The number of nitrogens with one attached hydrogen (secondary N) is 2. The van der Waals surface area contributed by atoms with Gasteiger partial charge in [0, 0.05) is 17.1 Å². The van der Waals surface area contributed by atoms with E-state index in [2.05, 4.69) is 51.3 Å². The van der Waals surface area contributed by atoms with E-state index in [1.165, 1.54) is 11.1 Å². The molecule has 0 fully saturated rings. The van der Waals surface area contributed by atoms with E-state index >= 15 is 0 Å². The Morgan fingerprint density at radius 1 is 1.25 bits per heavy atom. The van der Waals surface area contributed by atoms with Gasteiger partial charge in [0.05, 0.1) is 13.1 Å². The highest BCUT2D eigenvalue weighted by molar-refractivity contribution is 5.52. The van der Waals surface area contributed by atoms with E-state index in [-0.39, 0.29) is 0 Å². The summed E-state index contributed by atoms with van der Waals surface area (Å²) in [5.74, 6) is 2.03. The molecule has 1 aromatic heterocycles. The molecule has 0 spiro atoms. The van der Waals surface area contributed by atoms with Crippen LogP contribution in [0.25, 0.3) is 11.4 Å². The van der Waals surface area contributed by atoms with Crippen LogP contribution in [-0.2, 0) is 6.54 Å². The maximum atomic E-state index is 4.28. The van der Waals surface area contributed by atoms with Gasteiger partial charge in [0.2, 0.25) is 5.82 Å². The second kappa shape index (κ2) is 3.63. The Bertz CT molecular complexity index is 498. The smallest absolute Gasteiger partial charge is 0.292 e. The van der Waals surface area contributed by atoms with Gasteiger partial charge >= 0.3 is 5.95 Å². The summed E-state index contributed by atoms with van der Waals surface area (Å²) in [7, 11) is 0. The monoisotopic (exact) mass is 215 g/mol. The summed E-state index contributed by atoms with van der Waals surface area (Å²) in [6.45, 7) is 4.14. The average Bonchev–Trinajstić information content (AvgIpc) is 2.74. The molecule has 1 aliphatic rings. The fourth-order valence-corrected chi connectivity index (χ4v) is 2.05. The predicted octanol–water partition coefficient (Wildman–Crippen LogP) is 1.49. The number of hydrogen-bond donors (Lipinski definition) is 2. The highest BCUT2D eigenvalue weighted by Crippen LogP contribution is 2.16. The summed E-state index contributed by atoms with van der Waals surface area (Å²) >= 11 is 0. The second-order valence-electron chi connectivity index (χ2n) is 4.19. The molecule has 0 unspecified atom stereocenters. The summed E-state index contributed by atoms with van der Waals surface area (Å²) in [6, 6.07) is 8.51. The van der Waals surface area contributed by atoms with Gasteiger partial charge in [-0.05, 0) is 19.1 Å². The fourth-order valence-electron chi connectivity index (χ4n) is 2.05. The van der Waals surface area contributed by atoms with Crippen LogP contribution in [0.5, 0.6) is 0 Å². The van der Waals surface area contributed by atoms with Crippen molar-refractivity contribution in [2.24, 2.45) is 0 Å². The minimum Gasteiger partial charge on any atom is -0.292 e. The summed E-state index contributed by atoms with van der Waals surface area (Å²) in [5, 5.41) is 10.7. The van der Waals surface area contributed by atoms with E-state index in [9.17, 15) is 0 Å². The number of aromatic amines is 1. The lowest BCUT2D eigenvalue weighted by Gasteiger charge is -2.10. The van der Waals surface area contributed by atoms with E-state index in [1.807, 2.05) is 0 Å². The Morgan fingerprint density at radius 2 is 2.06 bits per heavy atom. The first-order valence-electron chi connectivity index (χ1n) is 5.64. The molecule has 1 aromatic carbocycles. The van der Waals surface area contributed by atoms with Gasteiger partial charge in [0.15, 0.2) is 0 Å². The summed E-state index contributed by atoms with van der Waals surface area (Å²) in [5.41, 5.74) is 2.47. The first kappa shape index (κ1) is 9.39. The summed E-state index contributed by atoms with van der Waals surface area (Å²) in [4.78, 5) is 0. The number of hydrogen-bond acceptors (Lipinski definition) is 2. The maximum absolute atomic E-state index is 4.28.